The highest BCUT2D eigenvalue weighted by atomic mass is 32.2. The third kappa shape index (κ3) is 4.96. The number of carbonyl (C=O) groups excluding carboxylic acids is 1. The van der Waals surface area contributed by atoms with E-state index in [4.69, 9.17) is 0 Å². The van der Waals surface area contributed by atoms with Gasteiger partial charge >= 0.3 is 0 Å². The maximum Gasteiger partial charge on any atom is 0.262 e. The molecule has 0 saturated heterocycles. The molecule has 0 atom stereocenters. The summed E-state index contributed by atoms with van der Waals surface area (Å²) in [5.41, 5.74) is 3.96. The van der Waals surface area contributed by atoms with E-state index in [1.807, 2.05) is 17.0 Å². The monoisotopic (exact) mass is 452 g/mol. The van der Waals surface area contributed by atoms with Crippen molar-refractivity contribution in [3.8, 4) is 0 Å². The Labute approximate surface area is 187 Å². The number of rotatable bonds is 7. The van der Waals surface area contributed by atoms with Crippen molar-refractivity contribution in [2.24, 2.45) is 0 Å². The number of sulfonamides is 1. The Balaban J connectivity index is 1.34. The van der Waals surface area contributed by atoms with E-state index in [-0.39, 0.29) is 10.8 Å². The van der Waals surface area contributed by atoms with Gasteiger partial charge < -0.3 is 10.2 Å². The molecule has 0 aliphatic carbocycles. The number of amides is 1. The summed E-state index contributed by atoms with van der Waals surface area (Å²) in [7, 11) is -2.54. The third-order valence-electron chi connectivity index (χ3n) is 5.34. The van der Waals surface area contributed by atoms with Crippen LogP contribution in [0.25, 0.3) is 0 Å². The maximum absolute atomic E-state index is 12.4. The van der Waals surface area contributed by atoms with E-state index >= 15 is 0 Å². The predicted octanol–water partition coefficient (Wildman–Crippen LogP) is 2.41. The number of hydrogen-bond acceptors (Lipinski definition) is 6. The lowest BCUT2D eigenvalue weighted by molar-refractivity contribution is 0.0950. The molecule has 3 aromatic rings. The summed E-state index contributed by atoms with van der Waals surface area (Å²) < 4.78 is 23.8. The second-order valence-electron chi connectivity index (χ2n) is 7.46. The molecule has 4 rings (SSSR count). The Kier molecular flexibility index (Phi) is 6.50. The van der Waals surface area contributed by atoms with E-state index in [1.54, 1.807) is 6.20 Å². The zero-order chi connectivity index (χ0) is 22.6. The van der Waals surface area contributed by atoms with E-state index in [1.165, 1.54) is 42.5 Å². The second kappa shape index (κ2) is 9.47. The van der Waals surface area contributed by atoms with Crippen LogP contribution in [-0.4, -0.2) is 33.0 Å². The molecule has 2 aromatic carbocycles. The van der Waals surface area contributed by atoms with Crippen molar-refractivity contribution in [1.82, 2.24) is 15.2 Å². The van der Waals surface area contributed by atoms with Crippen molar-refractivity contribution in [3.63, 3.8) is 0 Å². The number of nitrogens with one attached hydrogen (secondary N) is 2. The van der Waals surface area contributed by atoms with Crippen molar-refractivity contribution >= 4 is 21.7 Å². The van der Waals surface area contributed by atoms with Crippen molar-refractivity contribution in [3.05, 3.63) is 89.1 Å². The summed E-state index contributed by atoms with van der Waals surface area (Å²) >= 11 is 0. The van der Waals surface area contributed by atoms with Crippen LogP contribution in [0.4, 0.5) is 5.82 Å². The molecule has 0 saturated carbocycles. The van der Waals surface area contributed by atoms with Gasteiger partial charge in [-0.05, 0) is 53.4 Å². The molecular weight excluding hydrogens is 428 g/mol. The highest BCUT2D eigenvalue weighted by Gasteiger charge is 2.17. The van der Waals surface area contributed by atoms with Crippen LogP contribution in [-0.2, 0) is 34.4 Å². The second-order valence-corrected chi connectivity index (χ2v) is 9.11. The first kappa shape index (κ1) is 21.9. The molecule has 1 aliphatic heterocycles. The summed E-state index contributed by atoms with van der Waals surface area (Å²) in [6, 6.07) is 18.0. The molecule has 9 heteroatoms. The summed E-state index contributed by atoms with van der Waals surface area (Å²) in [4.78, 5) is 25.6. The number of carbonyl (C=O) groups is 1. The normalized spacial score (nSPS) is 13.5. The van der Waals surface area contributed by atoms with E-state index in [2.05, 4.69) is 44.3 Å². The summed E-state index contributed by atoms with van der Waals surface area (Å²) in [6.07, 6.45) is 2.76. The minimum absolute atomic E-state index is 0.0102. The molecule has 0 fully saturated rings. The first-order valence-electron chi connectivity index (χ1n) is 10.2. The fourth-order valence-electron chi connectivity index (χ4n) is 3.63. The summed E-state index contributed by atoms with van der Waals surface area (Å²) in [6.45, 7) is 2.08. The molecule has 0 spiro atoms. The van der Waals surface area contributed by atoms with Gasteiger partial charge in [0, 0.05) is 31.4 Å². The third-order valence-corrected chi connectivity index (χ3v) is 6.62. The lowest BCUT2D eigenvalue weighted by Gasteiger charge is -2.29. The van der Waals surface area contributed by atoms with Gasteiger partial charge in [0.2, 0.25) is 0 Å². The van der Waals surface area contributed by atoms with Crippen LogP contribution in [0, 0.1) is 0 Å². The maximum atomic E-state index is 12.4. The fourth-order valence-corrected chi connectivity index (χ4v) is 4.44. The van der Waals surface area contributed by atoms with Crippen LogP contribution >= 0.6 is 0 Å². The van der Waals surface area contributed by atoms with Gasteiger partial charge in [-0.2, -0.15) is 0 Å². The smallest absolute Gasteiger partial charge is 0.262 e. The van der Waals surface area contributed by atoms with Crippen molar-refractivity contribution in [2.75, 3.05) is 18.6 Å². The van der Waals surface area contributed by atoms with Gasteiger partial charge in [-0.3, -0.25) is 9.63 Å². The van der Waals surface area contributed by atoms with Gasteiger partial charge in [0.1, 0.15) is 5.82 Å². The summed E-state index contributed by atoms with van der Waals surface area (Å²) in [5, 5.41) is 2.83. The Morgan fingerprint density at radius 1 is 1.06 bits per heavy atom. The number of fused-ring (bicyclic) bond motifs is 1. The zero-order valence-electron chi connectivity index (χ0n) is 17.6. The molecular formula is C23H24N4O4S. The van der Waals surface area contributed by atoms with Gasteiger partial charge in [0.15, 0.2) is 0 Å². The average Bonchev–Trinajstić information content (AvgIpc) is 2.82. The molecule has 8 nitrogen and oxygen atoms in total. The van der Waals surface area contributed by atoms with Gasteiger partial charge in [-0.1, -0.05) is 35.2 Å². The quantitative estimate of drug-likeness (QED) is 0.534. The lowest BCUT2D eigenvalue weighted by atomic mass is 10.00. The minimum Gasteiger partial charge on any atom is -0.352 e. The first-order valence-corrected chi connectivity index (χ1v) is 11.6. The molecule has 1 aliphatic rings. The van der Waals surface area contributed by atoms with Crippen LogP contribution < -0.4 is 15.1 Å². The Morgan fingerprint density at radius 2 is 1.81 bits per heavy atom. The molecule has 1 amide bonds. The van der Waals surface area contributed by atoms with E-state index in [0.717, 1.165) is 30.9 Å². The number of benzene rings is 2. The Morgan fingerprint density at radius 3 is 2.50 bits per heavy atom. The number of anilines is 1. The Hall–Kier alpha value is -3.27. The number of aromatic nitrogens is 1. The highest BCUT2D eigenvalue weighted by Crippen LogP contribution is 2.23. The molecule has 166 valence electrons. The van der Waals surface area contributed by atoms with Crippen molar-refractivity contribution < 1.29 is 18.0 Å². The molecule has 0 unspecified atom stereocenters. The Bertz CT molecular complexity index is 1200. The number of pyridine rings is 1. The van der Waals surface area contributed by atoms with Gasteiger partial charge in [-0.25, -0.2) is 13.4 Å². The van der Waals surface area contributed by atoms with Gasteiger partial charge in [-0.15, -0.1) is 0 Å². The zero-order valence-corrected chi connectivity index (χ0v) is 18.4. The largest absolute Gasteiger partial charge is 0.352 e. The van der Waals surface area contributed by atoms with Crippen LogP contribution in [0.1, 0.15) is 27.0 Å². The first-order chi connectivity index (χ1) is 15.5. The molecule has 2 heterocycles. The highest BCUT2D eigenvalue weighted by molar-refractivity contribution is 7.89. The molecule has 32 heavy (non-hydrogen) atoms. The lowest BCUT2D eigenvalue weighted by Crippen LogP contribution is -2.31. The standard InChI is InChI=1S/C23H24N4O4S/c1-31-26-32(29,30)21-9-7-19(8-10-21)23(28)25-15-17-6-11-22(24-14-17)27-13-12-18-4-2-3-5-20(18)16-27/h2-11,14,26H,12-13,15-16H2,1H3,(H,25,28). The predicted molar refractivity (Wildman–Crippen MR) is 120 cm³/mol. The summed E-state index contributed by atoms with van der Waals surface area (Å²) in [5.74, 6) is 0.612. The van der Waals surface area contributed by atoms with Gasteiger partial charge in [0.25, 0.3) is 15.9 Å². The molecule has 0 bridgehead atoms. The van der Waals surface area contributed by atoms with Crippen LogP contribution in [0.3, 0.4) is 0 Å². The van der Waals surface area contributed by atoms with E-state index < -0.39 is 10.0 Å². The van der Waals surface area contributed by atoms with E-state index in [0.29, 0.717) is 12.1 Å². The SMILES string of the molecule is CONS(=O)(=O)c1ccc(C(=O)NCc2ccc(N3CCc4ccccc4C3)nc2)cc1. The van der Waals surface area contributed by atoms with Crippen molar-refractivity contribution in [2.45, 2.75) is 24.4 Å². The molecule has 2 N–H and O–H groups in total. The number of hydrogen-bond donors (Lipinski definition) is 2. The van der Waals surface area contributed by atoms with Crippen molar-refractivity contribution in [1.29, 1.82) is 0 Å². The topological polar surface area (TPSA) is 101 Å². The minimum atomic E-state index is -3.75. The van der Waals surface area contributed by atoms with Crippen LogP contribution in [0.2, 0.25) is 0 Å². The van der Waals surface area contributed by atoms with E-state index in [9.17, 15) is 13.2 Å². The molecule has 0 radical (unpaired) electrons. The fraction of sp³-hybridized carbons (Fsp3) is 0.217. The van der Waals surface area contributed by atoms with Crippen LogP contribution in [0.5, 0.6) is 0 Å². The average molecular weight is 453 g/mol. The number of nitrogens with zero attached hydrogens (tertiary/aromatic N) is 2. The molecule has 1 aromatic heterocycles. The van der Waals surface area contributed by atoms with Crippen LogP contribution in [0.15, 0.2) is 71.8 Å². The van der Waals surface area contributed by atoms with Gasteiger partial charge in [0.05, 0.1) is 12.0 Å².